The zero-order valence-corrected chi connectivity index (χ0v) is 12.4. The second-order valence-electron chi connectivity index (χ2n) is 4.60. The zero-order valence-electron chi connectivity index (χ0n) is 11.6. The van der Waals surface area contributed by atoms with E-state index in [4.69, 9.17) is 0 Å². The van der Waals surface area contributed by atoms with Crippen LogP contribution in [0.3, 0.4) is 0 Å². The van der Waals surface area contributed by atoms with Gasteiger partial charge in [-0.2, -0.15) is 0 Å². The van der Waals surface area contributed by atoms with Crippen LogP contribution in [0.5, 0.6) is 0 Å². The van der Waals surface area contributed by atoms with Gasteiger partial charge in [0.05, 0.1) is 21.2 Å². The maximum Gasteiger partial charge on any atom is 0.290 e. The van der Waals surface area contributed by atoms with Gasteiger partial charge in [0.2, 0.25) is 0 Å². The van der Waals surface area contributed by atoms with Crippen LogP contribution >= 0.6 is 11.8 Å². The summed E-state index contributed by atoms with van der Waals surface area (Å²) in [4.78, 5) is 37.5. The molecule has 1 aliphatic rings. The molecule has 0 unspecified atom stereocenters. The number of non-ortho nitro benzene ring substituents is 1. The topological polar surface area (TPSA) is 102 Å². The number of amides is 2. The lowest BCUT2D eigenvalue weighted by Crippen LogP contribution is -2.17. The molecule has 23 heavy (non-hydrogen) atoms. The van der Waals surface area contributed by atoms with Crippen LogP contribution in [0.4, 0.5) is 10.5 Å². The monoisotopic (exact) mass is 327 g/mol. The van der Waals surface area contributed by atoms with Gasteiger partial charge < -0.3 is 0 Å². The minimum atomic E-state index is -0.467. The Kier molecular flexibility index (Phi) is 3.90. The van der Waals surface area contributed by atoms with Crippen LogP contribution < -0.4 is 5.32 Å². The number of pyridine rings is 1. The molecule has 0 atom stereocenters. The van der Waals surface area contributed by atoms with E-state index in [1.807, 2.05) is 0 Å². The highest BCUT2D eigenvalue weighted by Gasteiger charge is 2.25. The van der Waals surface area contributed by atoms with Crippen LogP contribution in [0.15, 0.2) is 47.4 Å². The Morgan fingerprint density at radius 3 is 2.48 bits per heavy atom. The number of nitro benzene ring substituents is 1. The fourth-order valence-electron chi connectivity index (χ4n) is 2.00. The Morgan fingerprint density at radius 2 is 1.87 bits per heavy atom. The van der Waals surface area contributed by atoms with Crippen molar-refractivity contribution in [1.82, 2.24) is 10.3 Å². The molecule has 1 saturated heterocycles. The Labute approximate surface area is 134 Å². The highest BCUT2D eigenvalue weighted by atomic mass is 32.2. The molecule has 2 amide bonds. The van der Waals surface area contributed by atoms with E-state index in [0.717, 1.165) is 17.3 Å². The fraction of sp³-hybridized carbons (Fsp3) is 0. The van der Waals surface area contributed by atoms with E-state index in [9.17, 15) is 19.7 Å². The molecular formula is C15H9N3O4S. The van der Waals surface area contributed by atoms with Crippen molar-refractivity contribution >= 4 is 34.7 Å². The number of benzene rings is 1. The summed E-state index contributed by atoms with van der Waals surface area (Å²) in [6.07, 6.45) is 1.53. The van der Waals surface area contributed by atoms with Gasteiger partial charge in [0.1, 0.15) is 0 Å². The van der Waals surface area contributed by atoms with Gasteiger partial charge in [-0.1, -0.05) is 6.07 Å². The van der Waals surface area contributed by atoms with E-state index in [1.54, 1.807) is 30.3 Å². The first-order valence-electron chi connectivity index (χ1n) is 6.50. The third kappa shape index (κ3) is 3.27. The SMILES string of the molecule is O=C1NC(=O)/C(=C/c2cccc(-c3ccc([N+](=O)[O-])cc3)n2)S1. The van der Waals surface area contributed by atoms with Crippen LogP contribution in [0, 0.1) is 10.1 Å². The second-order valence-corrected chi connectivity index (χ2v) is 5.62. The average molecular weight is 327 g/mol. The van der Waals surface area contributed by atoms with Crippen molar-refractivity contribution in [2.75, 3.05) is 0 Å². The quantitative estimate of drug-likeness (QED) is 0.528. The predicted octanol–water partition coefficient (Wildman–Crippen LogP) is 2.98. The molecule has 0 radical (unpaired) electrons. The maximum atomic E-state index is 11.5. The van der Waals surface area contributed by atoms with Crippen LogP contribution in [-0.4, -0.2) is 21.1 Å². The Hall–Kier alpha value is -3.00. The van der Waals surface area contributed by atoms with Gasteiger partial charge in [0.15, 0.2) is 0 Å². The summed E-state index contributed by atoms with van der Waals surface area (Å²) >= 11 is 0.822. The van der Waals surface area contributed by atoms with E-state index in [1.165, 1.54) is 18.2 Å². The highest BCUT2D eigenvalue weighted by Crippen LogP contribution is 2.26. The number of carbonyl (C=O) groups excluding carboxylic acids is 2. The number of carbonyl (C=O) groups is 2. The number of nitrogens with zero attached hydrogens (tertiary/aromatic N) is 2. The maximum absolute atomic E-state index is 11.5. The lowest BCUT2D eigenvalue weighted by Gasteiger charge is -2.02. The molecule has 7 nitrogen and oxygen atoms in total. The average Bonchev–Trinajstić information content (AvgIpc) is 2.85. The molecule has 1 aromatic heterocycles. The molecule has 0 bridgehead atoms. The standard InChI is InChI=1S/C15H9N3O4S/c19-14-13(23-15(20)17-14)8-10-2-1-3-12(16-10)9-4-6-11(7-5-9)18(21)22/h1-8H,(H,17,19,20)/b13-8-. The number of imide groups is 1. The van der Waals surface area contributed by atoms with Crippen molar-refractivity contribution in [1.29, 1.82) is 0 Å². The van der Waals surface area contributed by atoms with Gasteiger partial charge in [-0.15, -0.1) is 0 Å². The second kappa shape index (κ2) is 6.01. The molecule has 1 N–H and O–H groups in total. The lowest BCUT2D eigenvalue weighted by molar-refractivity contribution is -0.384. The summed E-state index contributed by atoms with van der Waals surface area (Å²) in [7, 11) is 0. The normalized spacial score (nSPS) is 15.7. The number of hydrogen-bond acceptors (Lipinski definition) is 6. The van der Waals surface area contributed by atoms with E-state index >= 15 is 0 Å². The molecule has 1 aromatic carbocycles. The Balaban J connectivity index is 1.91. The molecule has 1 aliphatic heterocycles. The zero-order chi connectivity index (χ0) is 16.4. The number of nitrogens with one attached hydrogen (secondary N) is 1. The molecular weight excluding hydrogens is 318 g/mol. The van der Waals surface area contributed by atoms with Crippen LogP contribution in [0.25, 0.3) is 17.3 Å². The summed E-state index contributed by atoms with van der Waals surface area (Å²) in [5, 5.41) is 12.4. The number of hydrogen-bond donors (Lipinski definition) is 1. The summed E-state index contributed by atoms with van der Waals surface area (Å²) in [6.45, 7) is 0. The number of rotatable bonds is 3. The summed E-state index contributed by atoms with van der Waals surface area (Å²) < 4.78 is 0. The Bertz CT molecular complexity index is 846. The molecule has 0 spiro atoms. The molecule has 8 heteroatoms. The molecule has 2 heterocycles. The van der Waals surface area contributed by atoms with Crippen molar-refractivity contribution < 1.29 is 14.5 Å². The fourth-order valence-corrected chi connectivity index (χ4v) is 2.67. The van der Waals surface area contributed by atoms with Crippen LogP contribution in [0.1, 0.15) is 5.69 Å². The van der Waals surface area contributed by atoms with Gasteiger partial charge in [-0.05, 0) is 42.1 Å². The summed E-state index contributed by atoms with van der Waals surface area (Å²) in [5.41, 5.74) is 1.86. The van der Waals surface area contributed by atoms with Crippen LogP contribution in [-0.2, 0) is 4.79 Å². The van der Waals surface area contributed by atoms with Crippen molar-refractivity contribution in [2.24, 2.45) is 0 Å². The minimum absolute atomic E-state index is 0.00422. The molecule has 2 aromatic rings. The number of nitro groups is 1. The third-order valence-corrected chi connectivity index (χ3v) is 3.88. The van der Waals surface area contributed by atoms with Gasteiger partial charge in [0.25, 0.3) is 16.8 Å². The molecule has 0 saturated carbocycles. The lowest BCUT2D eigenvalue weighted by atomic mass is 10.1. The van der Waals surface area contributed by atoms with Crippen molar-refractivity contribution in [3.8, 4) is 11.3 Å². The van der Waals surface area contributed by atoms with Gasteiger partial charge >= 0.3 is 0 Å². The first-order chi connectivity index (χ1) is 11.0. The first kappa shape index (κ1) is 14.9. The molecule has 3 rings (SSSR count). The van der Waals surface area contributed by atoms with E-state index in [0.29, 0.717) is 11.4 Å². The first-order valence-corrected chi connectivity index (χ1v) is 7.31. The van der Waals surface area contributed by atoms with Crippen LogP contribution in [0.2, 0.25) is 0 Å². The summed E-state index contributed by atoms with van der Waals surface area (Å²) in [6, 6.07) is 11.3. The molecule has 1 fully saturated rings. The van der Waals surface area contributed by atoms with Crippen molar-refractivity contribution in [3.05, 3.63) is 63.2 Å². The van der Waals surface area contributed by atoms with Crippen molar-refractivity contribution in [2.45, 2.75) is 0 Å². The van der Waals surface area contributed by atoms with E-state index in [-0.39, 0.29) is 10.6 Å². The van der Waals surface area contributed by atoms with E-state index in [2.05, 4.69) is 10.3 Å². The summed E-state index contributed by atoms with van der Waals surface area (Å²) in [5.74, 6) is -0.442. The predicted molar refractivity (Wildman–Crippen MR) is 85.4 cm³/mol. The smallest absolute Gasteiger partial charge is 0.282 e. The number of aromatic nitrogens is 1. The van der Waals surface area contributed by atoms with Gasteiger partial charge in [-0.3, -0.25) is 25.0 Å². The highest BCUT2D eigenvalue weighted by molar-refractivity contribution is 8.18. The largest absolute Gasteiger partial charge is 0.290 e. The third-order valence-electron chi connectivity index (χ3n) is 3.07. The molecule has 0 aliphatic carbocycles. The Morgan fingerprint density at radius 1 is 1.13 bits per heavy atom. The van der Waals surface area contributed by atoms with Gasteiger partial charge in [0, 0.05) is 17.7 Å². The van der Waals surface area contributed by atoms with Crippen molar-refractivity contribution in [3.63, 3.8) is 0 Å². The van der Waals surface area contributed by atoms with Gasteiger partial charge in [-0.25, -0.2) is 4.98 Å². The minimum Gasteiger partial charge on any atom is -0.282 e. The number of thioether (sulfide) groups is 1. The van der Waals surface area contributed by atoms with E-state index < -0.39 is 16.1 Å². The molecule has 114 valence electrons.